The topological polar surface area (TPSA) is 86.8 Å². The molecule has 196 valence electrons. The van der Waals surface area contributed by atoms with Crippen LogP contribution in [-0.4, -0.2) is 50.0 Å². The van der Waals surface area contributed by atoms with Crippen molar-refractivity contribution in [1.82, 2.24) is 10.2 Å². The normalized spacial score (nSPS) is 15.2. The Morgan fingerprint density at radius 3 is 2.19 bits per heavy atom. The maximum Gasteiger partial charge on any atom is 0.244 e. The molecule has 1 atom stereocenters. The highest BCUT2D eigenvalue weighted by atomic mass is 35.5. The van der Waals surface area contributed by atoms with Gasteiger partial charge in [0.1, 0.15) is 18.4 Å². The molecule has 7 nitrogen and oxygen atoms in total. The Hall–Kier alpha value is -2.36. The minimum absolute atomic E-state index is 0.0290. The van der Waals surface area contributed by atoms with Gasteiger partial charge >= 0.3 is 0 Å². The van der Waals surface area contributed by atoms with Crippen molar-refractivity contribution < 1.29 is 22.4 Å². The molecule has 2 aromatic carbocycles. The van der Waals surface area contributed by atoms with Crippen LogP contribution in [0.2, 0.25) is 10.0 Å². The van der Waals surface area contributed by atoms with Crippen LogP contribution in [0, 0.1) is 5.82 Å². The highest BCUT2D eigenvalue weighted by molar-refractivity contribution is 7.92. The summed E-state index contributed by atoms with van der Waals surface area (Å²) in [4.78, 5) is 28.0. The van der Waals surface area contributed by atoms with Gasteiger partial charge in [-0.3, -0.25) is 13.9 Å². The third-order valence-electron chi connectivity index (χ3n) is 6.30. The Morgan fingerprint density at radius 1 is 1.06 bits per heavy atom. The Morgan fingerprint density at radius 2 is 1.64 bits per heavy atom. The van der Waals surface area contributed by atoms with Crippen molar-refractivity contribution in [3.05, 3.63) is 63.9 Å². The van der Waals surface area contributed by atoms with Crippen molar-refractivity contribution in [2.75, 3.05) is 17.1 Å². The van der Waals surface area contributed by atoms with Gasteiger partial charge in [-0.05, 0) is 56.2 Å². The van der Waals surface area contributed by atoms with Gasteiger partial charge < -0.3 is 10.2 Å². The zero-order valence-electron chi connectivity index (χ0n) is 20.2. The van der Waals surface area contributed by atoms with Crippen LogP contribution in [0.3, 0.4) is 0 Å². The van der Waals surface area contributed by atoms with Gasteiger partial charge in [-0.25, -0.2) is 12.8 Å². The molecule has 0 heterocycles. The number of benzene rings is 2. The fourth-order valence-corrected chi connectivity index (χ4v) is 5.59. The Kier molecular flexibility index (Phi) is 9.60. The molecule has 1 aliphatic carbocycles. The highest BCUT2D eigenvalue weighted by Crippen LogP contribution is 2.27. The van der Waals surface area contributed by atoms with E-state index in [0.717, 1.165) is 54.8 Å². The lowest BCUT2D eigenvalue weighted by atomic mass is 9.95. The summed E-state index contributed by atoms with van der Waals surface area (Å²) in [6, 6.07) is 8.79. The summed E-state index contributed by atoms with van der Waals surface area (Å²) in [5, 5.41) is 3.65. The van der Waals surface area contributed by atoms with E-state index in [-0.39, 0.29) is 24.2 Å². The van der Waals surface area contributed by atoms with Crippen molar-refractivity contribution in [3.63, 3.8) is 0 Å². The largest absolute Gasteiger partial charge is 0.352 e. The zero-order valence-corrected chi connectivity index (χ0v) is 22.5. The van der Waals surface area contributed by atoms with Crippen molar-refractivity contribution in [2.24, 2.45) is 0 Å². The molecule has 1 saturated carbocycles. The van der Waals surface area contributed by atoms with Gasteiger partial charge in [-0.1, -0.05) is 48.5 Å². The van der Waals surface area contributed by atoms with Crippen LogP contribution in [0.4, 0.5) is 10.1 Å². The molecule has 36 heavy (non-hydrogen) atoms. The quantitative estimate of drug-likeness (QED) is 0.481. The number of halogens is 3. The molecule has 1 N–H and O–H groups in total. The third kappa shape index (κ3) is 7.33. The number of rotatable bonds is 9. The van der Waals surface area contributed by atoms with Crippen molar-refractivity contribution in [3.8, 4) is 0 Å². The monoisotopic (exact) mass is 557 g/mol. The summed E-state index contributed by atoms with van der Waals surface area (Å²) in [6.45, 7) is 0.898. The smallest absolute Gasteiger partial charge is 0.244 e. The Balaban J connectivity index is 1.91. The maximum atomic E-state index is 13.6. The summed E-state index contributed by atoms with van der Waals surface area (Å²) < 4.78 is 39.4. The van der Waals surface area contributed by atoms with E-state index in [1.54, 1.807) is 25.1 Å². The molecule has 0 aliphatic heterocycles. The van der Waals surface area contributed by atoms with Crippen LogP contribution in [0.1, 0.15) is 44.6 Å². The van der Waals surface area contributed by atoms with Crippen LogP contribution in [0.15, 0.2) is 42.5 Å². The van der Waals surface area contributed by atoms with Crippen LogP contribution in [-0.2, 0) is 26.2 Å². The molecule has 0 saturated heterocycles. The molecule has 1 aliphatic rings. The number of nitrogens with one attached hydrogen (secondary N) is 1. The third-order valence-corrected chi connectivity index (χ3v) is 8.15. The van der Waals surface area contributed by atoms with Gasteiger partial charge in [0, 0.05) is 28.2 Å². The molecule has 0 aromatic heterocycles. The number of sulfonamides is 1. The van der Waals surface area contributed by atoms with Crippen LogP contribution < -0.4 is 9.62 Å². The molecule has 3 rings (SSSR count). The van der Waals surface area contributed by atoms with Crippen LogP contribution in [0.5, 0.6) is 0 Å². The first kappa shape index (κ1) is 28.2. The van der Waals surface area contributed by atoms with Gasteiger partial charge in [0.2, 0.25) is 21.8 Å². The molecule has 1 fully saturated rings. The number of carbonyl (C=O) groups is 2. The first-order valence-corrected chi connectivity index (χ1v) is 14.3. The lowest BCUT2D eigenvalue weighted by Gasteiger charge is -2.33. The van der Waals surface area contributed by atoms with E-state index in [0.29, 0.717) is 15.6 Å². The Bertz CT molecular complexity index is 1170. The van der Waals surface area contributed by atoms with Gasteiger partial charge in [0.15, 0.2) is 0 Å². The zero-order chi connectivity index (χ0) is 26.5. The standard InChI is InChI=1S/C25H30Cl2FN3O4S/c1-17(25(33)29-19-7-4-3-5-8-19)30(15-21-22(26)9-6-10-23(21)27)24(32)16-31(36(2,34)35)20-13-11-18(28)12-14-20/h6,9-14,17,19H,3-5,7-8,15-16H2,1-2H3,(H,29,33)/t17-/m0/s1. The molecular formula is C25H30Cl2FN3O4S. The van der Waals surface area contributed by atoms with Crippen molar-refractivity contribution >= 4 is 50.7 Å². The molecular weight excluding hydrogens is 528 g/mol. The number of nitrogens with zero attached hydrogens (tertiary/aromatic N) is 2. The lowest BCUT2D eigenvalue weighted by Crippen LogP contribution is -2.53. The molecule has 0 bridgehead atoms. The predicted octanol–water partition coefficient (Wildman–Crippen LogP) is 4.76. The van der Waals surface area contributed by atoms with Gasteiger partial charge in [0.25, 0.3) is 0 Å². The minimum Gasteiger partial charge on any atom is -0.352 e. The van der Waals surface area contributed by atoms with Crippen LogP contribution in [0.25, 0.3) is 0 Å². The van der Waals surface area contributed by atoms with E-state index < -0.39 is 34.3 Å². The summed E-state index contributed by atoms with van der Waals surface area (Å²) in [6.07, 6.45) is 5.88. The van der Waals surface area contributed by atoms with E-state index in [1.165, 1.54) is 17.0 Å². The van der Waals surface area contributed by atoms with Gasteiger partial charge in [-0.2, -0.15) is 0 Å². The number of anilines is 1. The molecule has 11 heteroatoms. The average molecular weight is 559 g/mol. The number of amides is 2. The summed E-state index contributed by atoms with van der Waals surface area (Å²) >= 11 is 12.7. The number of hydrogen-bond donors (Lipinski definition) is 1. The van der Waals surface area contributed by atoms with Crippen molar-refractivity contribution in [1.29, 1.82) is 0 Å². The fourth-order valence-electron chi connectivity index (χ4n) is 4.23. The first-order chi connectivity index (χ1) is 17.0. The summed E-state index contributed by atoms with van der Waals surface area (Å²) in [5.41, 5.74) is 0.571. The second-order valence-electron chi connectivity index (χ2n) is 8.99. The molecule has 2 aromatic rings. The highest BCUT2D eigenvalue weighted by Gasteiger charge is 2.32. The summed E-state index contributed by atoms with van der Waals surface area (Å²) in [7, 11) is -3.91. The average Bonchev–Trinajstić information content (AvgIpc) is 2.82. The van der Waals surface area contributed by atoms with E-state index in [1.807, 2.05) is 0 Å². The molecule has 0 radical (unpaired) electrons. The predicted molar refractivity (Wildman–Crippen MR) is 140 cm³/mol. The first-order valence-electron chi connectivity index (χ1n) is 11.7. The Labute approximate surface area is 221 Å². The summed E-state index contributed by atoms with van der Waals surface area (Å²) in [5.74, 6) is -1.51. The SMILES string of the molecule is C[C@@H](C(=O)NC1CCCCC1)N(Cc1c(Cl)cccc1Cl)C(=O)CN(c1ccc(F)cc1)S(C)(=O)=O. The van der Waals surface area contributed by atoms with E-state index >= 15 is 0 Å². The number of hydrogen-bond acceptors (Lipinski definition) is 4. The van der Waals surface area contributed by atoms with E-state index in [9.17, 15) is 22.4 Å². The van der Waals surface area contributed by atoms with Crippen LogP contribution >= 0.6 is 23.2 Å². The molecule has 0 unspecified atom stereocenters. The maximum absolute atomic E-state index is 13.6. The minimum atomic E-state index is -3.91. The molecule has 2 amide bonds. The molecule has 0 spiro atoms. The van der Waals surface area contributed by atoms with Gasteiger partial charge in [0.05, 0.1) is 11.9 Å². The fraction of sp³-hybridized carbons (Fsp3) is 0.440. The second-order valence-corrected chi connectivity index (χ2v) is 11.7. The second kappa shape index (κ2) is 12.3. The number of carbonyl (C=O) groups excluding carboxylic acids is 2. The van der Waals surface area contributed by atoms with Crippen molar-refractivity contribution in [2.45, 2.75) is 57.7 Å². The van der Waals surface area contributed by atoms with E-state index in [4.69, 9.17) is 23.2 Å². The van der Waals surface area contributed by atoms with E-state index in [2.05, 4.69) is 5.32 Å². The lowest BCUT2D eigenvalue weighted by molar-refractivity contribution is -0.139. The van der Waals surface area contributed by atoms with Gasteiger partial charge in [-0.15, -0.1) is 0 Å².